The van der Waals surface area contributed by atoms with Gasteiger partial charge >= 0.3 is 5.97 Å². The topological polar surface area (TPSA) is 69.6 Å². The molecule has 0 amide bonds. The van der Waals surface area contributed by atoms with Crippen LogP contribution in [0.15, 0.2) is 0 Å². The van der Waals surface area contributed by atoms with Gasteiger partial charge in [-0.3, -0.25) is 4.79 Å². The van der Waals surface area contributed by atoms with Gasteiger partial charge in [0.05, 0.1) is 12.0 Å². The number of aliphatic carboxylic acids is 1. The Morgan fingerprint density at radius 2 is 1.75 bits per heavy atom. The molecule has 0 spiro atoms. The van der Waals surface area contributed by atoms with Gasteiger partial charge in [-0.25, -0.2) is 0 Å². The normalized spacial score (nSPS) is 29.4. The Hall–Kier alpha value is -0.610. The Balaban J connectivity index is 1.64. The van der Waals surface area contributed by atoms with Gasteiger partial charge in [-0.1, -0.05) is 38.5 Å². The molecule has 0 aromatic carbocycles. The maximum atomic E-state index is 11.2. The quantitative estimate of drug-likeness (QED) is 0.671. The van der Waals surface area contributed by atoms with Gasteiger partial charge in [0.2, 0.25) is 0 Å². The highest BCUT2D eigenvalue weighted by Crippen LogP contribution is 2.30. The summed E-state index contributed by atoms with van der Waals surface area (Å²) in [5, 5.41) is 22.6. The molecule has 20 heavy (non-hydrogen) atoms. The number of rotatable bonds is 7. The van der Waals surface area contributed by atoms with Crippen LogP contribution in [0.1, 0.15) is 57.8 Å². The van der Waals surface area contributed by atoms with Gasteiger partial charge in [0.1, 0.15) is 0 Å². The zero-order chi connectivity index (χ0) is 14.4. The van der Waals surface area contributed by atoms with Crippen LogP contribution in [0.2, 0.25) is 0 Å². The molecule has 116 valence electrons. The molecular weight excluding hydrogens is 254 g/mol. The highest BCUT2D eigenvalue weighted by Gasteiger charge is 2.30. The monoisotopic (exact) mass is 283 g/mol. The molecule has 0 aromatic rings. The first kappa shape index (κ1) is 15.8. The van der Waals surface area contributed by atoms with Gasteiger partial charge in [-0.05, 0) is 37.6 Å². The zero-order valence-electron chi connectivity index (χ0n) is 12.4. The molecule has 2 rings (SSSR count). The van der Waals surface area contributed by atoms with Crippen LogP contribution in [0.3, 0.4) is 0 Å². The van der Waals surface area contributed by atoms with Crippen LogP contribution in [0, 0.1) is 17.8 Å². The maximum Gasteiger partial charge on any atom is 0.306 e. The van der Waals surface area contributed by atoms with E-state index in [2.05, 4.69) is 5.32 Å². The summed E-state index contributed by atoms with van der Waals surface area (Å²) in [6.07, 6.45) is 9.78. The lowest BCUT2D eigenvalue weighted by Crippen LogP contribution is -2.37. The molecule has 3 N–H and O–H groups in total. The maximum absolute atomic E-state index is 11.2. The Kier molecular flexibility index (Phi) is 6.30. The number of hydrogen-bond acceptors (Lipinski definition) is 3. The smallest absolute Gasteiger partial charge is 0.306 e. The highest BCUT2D eigenvalue weighted by molar-refractivity contribution is 5.70. The fourth-order valence-electron chi connectivity index (χ4n) is 3.93. The zero-order valence-corrected chi connectivity index (χ0v) is 12.4. The van der Waals surface area contributed by atoms with Crippen LogP contribution in [-0.2, 0) is 4.79 Å². The van der Waals surface area contributed by atoms with Gasteiger partial charge < -0.3 is 15.5 Å². The lowest BCUT2D eigenvalue weighted by molar-refractivity contribution is -0.144. The average molecular weight is 283 g/mol. The fraction of sp³-hybridized carbons (Fsp3) is 0.938. The standard InChI is InChI=1S/C16H29NO3/c18-14(9-12-5-1-2-6-12)11-17-10-13-7-3-4-8-15(13)16(19)20/h12-15,17-18H,1-11H2,(H,19,20). The van der Waals surface area contributed by atoms with E-state index in [-0.39, 0.29) is 17.9 Å². The predicted molar refractivity (Wildman–Crippen MR) is 78.5 cm³/mol. The lowest BCUT2D eigenvalue weighted by atomic mass is 9.79. The second kappa shape index (κ2) is 7.99. The molecule has 0 aliphatic heterocycles. The van der Waals surface area contributed by atoms with E-state index in [1.165, 1.54) is 25.7 Å². The molecule has 3 atom stereocenters. The third-order valence-electron chi connectivity index (χ3n) is 5.09. The van der Waals surface area contributed by atoms with E-state index in [0.717, 1.165) is 38.6 Å². The first-order valence-electron chi connectivity index (χ1n) is 8.28. The number of nitrogens with one attached hydrogen (secondary N) is 1. The van der Waals surface area contributed by atoms with Crippen LogP contribution in [0.25, 0.3) is 0 Å². The van der Waals surface area contributed by atoms with Gasteiger partial charge in [-0.2, -0.15) is 0 Å². The molecular formula is C16H29NO3. The third kappa shape index (κ3) is 4.74. The van der Waals surface area contributed by atoms with Crippen molar-refractivity contribution in [3.63, 3.8) is 0 Å². The van der Waals surface area contributed by atoms with Crippen LogP contribution in [0.5, 0.6) is 0 Å². The Morgan fingerprint density at radius 1 is 1.10 bits per heavy atom. The first-order chi connectivity index (χ1) is 9.66. The molecule has 0 saturated heterocycles. The summed E-state index contributed by atoms with van der Waals surface area (Å²) in [6.45, 7) is 1.35. The summed E-state index contributed by atoms with van der Waals surface area (Å²) in [5.74, 6) is 0.0967. The summed E-state index contributed by atoms with van der Waals surface area (Å²) in [7, 11) is 0. The van der Waals surface area contributed by atoms with E-state index in [9.17, 15) is 15.0 Å². The molecule has 0 radical (unpaired) electrons. The van der Waals surface area contributed by atoms with E-state index in [0.29, 0.717) is 12.5 Å². The number of aliphatic hydroxyl groups is 1. The number of hydrogen-bond donors (Lipinski definition) is 3. The second-order valence-electron chi connectivity index (χ2n) is 6.69. The second-order valence-corrected chi connectivity index (χ2v) is 6.69. The Morgan fingerprint density at radius 3 is 2.45 bits per heavy atom. The van der Waals surface area contributed by atoms with Gasteiger partial charge in [0.15, 0.2) is 0 Å². The van der Waals surface area contributed by atoms with Crippen molar-refractivity contribution in [2.75, 3.05) is 13.1 Å². The molecule has 4 heteroatoms. The van der Waals surface area contributed by atoms with E-state index in [1.54, 1.807) is 0 Å². The minimum Gasteiger partial charge on any atom is -0.481 e. The molecule has 2 fully saturated rings. The van der Waals surface area contributed by atoms with Crippen molar-refractivity contribution < 1.29 is 15.0 Å². The molecule has 3 unspecified atom stereocenters. The minimum absolute atomic E-state index is 0.191. The van der Waals surface area contributed by atoms with Gasteiger partial charge in [-0.15, -0.1) is 0 Å². The van der Waals surface area contributed by atoms with Crippen molar-refractivity contribution in [3.8, 4) is 0 Å². The predicted octanol–water partition coefficient (Wildman–Crippen LogP) is 2.41. The van der Waals surface area contributed by atoms with E-state index in [4.69, 9.17) is 0 Å². The first-order valence-corrected chi connectivity index (χ1v) is 8.28. The van der Waals surface area contributed by atoms with E-state index < -0.39 is 5.97 Å². The number of carbonyl (C=O) groups is 1. The van der Waals surface area contributed by atoms with Crippen molar-refractivity contribution in [1.82, 2.24) is 5.32 Å². The van der Waals surface area contributed by atoms with Crippen LogP contribution in [0.4, 0.5) is 0 Å². The van der Waals surface area contributed by atoms with Crippen LogP contribution < -0.4 is 5.32 Å². The van der Waals surface area contributed by atoms with Crippen molar-refractivity contribution in [1.29, 1.82) is 0 Å². The molecule has 0 heterocycles. The van der Waals surface area contributed by atoms with Crippen molar-refractivity contribution in [3.05, 3.63) is 0 Å². The summed E-state index contributed by atoms with van der Waals surface area (Å²) in [5.41, 5.74) is 0. The summed E-state index contributed by atoms with van der Waals surface area (Å²) < 4.78 is 0. The molecule has 2 aliphatic rings. The third-order valence-corrected chi connectivity index (χ3v) is 5.09. The molecule has 2 saturated carbocycles. The van der Waals surface area contributed by atoms with Crippen LogP contribution in [-0.4, -0.2) is 35.4 Å². The van der Waals surface area contributed by atoms with Crippen molar-refractivity contribution in [2.45, 2.75) is 63.9 Å². The molecule has 0 aromatic heterocycles. The number of aliphatic hydroxyl groups excluding tert-OH is 1. The summed E-state index contributed by atoms with van der Waals surface area (Å²) in [6, 6.07) is 0. The summed E-state index contributed by atoms with van der Waals surface area (Å²) >= 11 is 0. The van der Waals surface area contributed by atoms with E-state index in [1.807, 2.05) is 0 Å². The minimum atomic E-state index is -0.650. The Labute approximate surface area is 122 Å². The molecule has 4 nitrogen and oxygen atoms in total. The SMILES string of the molecule is O=C(O)C1CCCCC1CNCC(O)CC1CCCC1. The highest BCUT2D eigenvalue weighted by atomic mass is 16.4. The van der Waals surface area contributed by atoms with Gasteiger partial charge in [0, 0.05) is 6.54 Å². The largest absolute Gasteiger partial charge is 0.481 e. The number of carboxylic acids is 1. The Bertz CT molecular complexity index is 302. The molecule has 0 bridgehead atoms. The summed E-state index contributed by atoms with van der Waals surface area (Å²) in [4.78, 5) is 11.2. The average Bonchev–Trinajstić information content (AvgIpc) is 2.92. The van der Waals surface area contributed by atoms with E-state index >= 15 is 0 Å². The van der Waals surface area contributed by atoms with Crippen LogP contribution >= 0.6 is 0 Å². The van der Waals surface area contributed by atoms with Crippen molar-refractivity contribution in [2.24, 2.45) is 17.8 Å². The van der Waals surface area contributed by atoms with Gasteiger partial charge in [0.25, 0.3) is 0 Å². The number of carboxylic acid groups (broad SMARTS) is 1. The fourth-order valence-corrected chi connectivity index (χ4v) is 3.93. The lowest BCUT2D eigenvalue weighted by Gasteiger charge is -2.29. The van der Waals surface area contributed by atoms with Crippen molar-refractivity contribution >= 4 is 5.97 Å². The molecule has 2 aliphatic carbocycles.